The molecule has 556 valence electrons. The van der Waals surface area contributed by atoms with Crippen LogP contribution in [-0.4, -0.2) is 205 Å². The van der Waals surface area contributed by atoms with E-state index < -0.39 is 42.5 Å². The molecule has 0 bridgehead atoms. The second-order valence-electron chi connectivity index (χ2n) is 27.1. The van der Waals surface area contributed by atoms with Gasteiger partial charge in [0.15, 0.2) is 0 Å². The van der Waals surface area contributed by atoms with Gasteiger partial charge in [-0.1, -0.05) is 231 Å². The number of hydrogen-bond acceptors (Lipinski definition) is 17. The Labute approximate surface area is 575 Å². The van der Waals surface area contributed by atoms with Crippen molar-refractivity contribution in [2.24, 2.45) is 22.9 Å². The molecule has 1 heterocycles. The molecule has 94 heavy (non-hydrogen) atoms. The summed E-state index contributed by atoms with van der Waals surface area (Å²) in [5.74, 6) is -1.42. The number of carbonyl (C=O) groups excluding carboxylic acids is 2. The van der Waals surface area contributed by atoms with Crippen molar-refractivity contribution in [3.63, 3.8) is 0 Å². The number of nitrogens with zero attached hydrogens (tertiary/aromatic N) is 3. The first-order chi connectivity index (χ1) is 45.7. The van der Waals surface area contributed by atoms with Gasteiger partial charge >= 0.3 is 5.97 Å². The van der Waals surface area contributed by atoms with Crippen LogP contribution in [0.1, 0.15) is 285 Å². The molecular weight excluding hydrogens is 1180 g/mol. The van der Waals surface area contributed by atoms with Gasteiger partial charge in [0, 0.05) is 71.9 Å². The van der Waals surface area contributed by atoms with Crippen LogP contribution >= 0.6 is 0 Å². The van der Waals surface area contributed by atoms with Gasteiger partial charge in [-0.05, 0) is 104 Å². The molecule has 8 atom stereocenters. The molecule has 6 unspecified atom stereocenters. The van der Waals surface area contributed by atoms with Crippen LogP contribution in [-0.2, 0) is 14.4 Å². The Morgan fingerprint density at radius 2 is 0.798 bits per heavy atom. The van der Waals surface area contributed by atoms with Gasteiger partial charge in [-0.15, -0.1) is 0 Å². The van der Waals surface area contributed by atoms with E-state index >= 15 is 0 Å². The summed E-state index contributed by atoms with van der Waals surface area (Å²) in [5, 5.41) is 65.7. The molecule has 18 N–H and O–H groups in total. The summed E-state index contributed by atoms with van der Waals surface area (Å²) in [7, 11) is 0. The Morgan fingerprint density at radius 3 is 1.14 bits per heavy atom. The zero-order valence-corrected chi connectivity index (χ0v) is 60.9. The third-order valence-corrected chi connectivity index (χ3v) is 18.3. The maximum absolute atomic E-state index is 13.7. The molecule has 0 aromatic carbocycles. The number of aliphatic carboxylic acids is 1. The van der Waals surface area contributed by atoms with Crippen LogP contribution in [0, 0.1) is 0 Å². The number of piperazine rings is 1. The summed E-state index contributed by atoms with van der Waals surface area (Å²) in [4.78, 5) is 45.8. The highest BCUT2D eigenvalue weighted by molar-refractivity contribution is 5.87. The minimum Gasteiger partial charge on any atom is -0.480 e. The van der Waals surface area contributed by atoms with Crippen molar-refractivity contribution in [2.75, 3.05) is 98.2 Å². The highest BCUT2D eigenvalue weighted by atomic mass is 16.4. The Kier molecular flexibility index (Phi) is 65.6. The lowest BCUT2D eigenvalue weighted by atomic mass is 10.0. The van der Waals surface area contributed by atoms with E-state index in [0.717, 1.165) is 97.3 Å². The topological polar surface area (TPSA) is 326 Å². The summed E-state index contributed by atoms with van der Waals surface area (Å²) in [6.45, 7) is 17.6. The van der Waals surface area contributed by atoms with Crippen molar-refractivity contribution >= 4 is 17.8 Å². The van der Waals surface area contributed by atoms with E-state index in [1.165, 1.54) is 180 Å². The largest absolute Gasteiger partial charge is 0.480 e. The minimum atomic E-state index is -1.11. The molecule has 1 aliphatic rings. The Balaban J connectivity index is 0.00000225. The van der Waals surface area contributed by atoms with Gasteiger partial charge in [0.2, 0.25) is 11.8 Å². The average molecular weight is 1340 g/mol. The van der Waals surface area contributed by atoms with Crippen LogP contribution in [0.5, 0.6) is 0 Å². The van der Waals surface area contributed by atoms with E-state index in [0.29, 0.717) is 52.0 Å². The maximum atomic E-state index is 13.7. The SMILES string of the molecule is CC(O)C(NC/C=C/CC(O)CN)N1CCN(C(NC/C=C/CC(O)CN)C(C)O)CC1.CCCCCCCCCCCCCCCCCCN(CCCCCCCCCCCCCCCCCC)C(=O)CC[C@H](NC(=O)[C@H](CCCNCCCN)NCCCN)C(=O)O. The second kappa shape index (κ2) is 67.5. The Hall–Kier alpha value is -2.67. The normalized spacial score (nSPS) is 15.8. The third-order valence-electron chi connectivity index (χ3n) is 18.3. The van der Waals surface area contributed by atoms with Crippen molar-refractivity contribution in [1.29, 1.82) is 0 Å². The second-order valence-corrected chi connectivity index (χ2v) is 27.1. The van der Waals surface area contributed by atoms with Crippen molar-refractivity contribution in [3.8, 4) is 0 Å². The first kappa shape index (κ1) is 91.3. The number of carboxylic acids is 1. The minimum absolute atomic E-state index is 0.00796. The molecule has 2 amide bonds. The zero-order chi connectivity index (χ0) is 69.3. The van der Waals surface area contributed by atoms with E-state index in [1.807, 2.05) is 29.2 Å². The summed E-state index contributed by atoms with van der Waals surface area (Å²) >= 11 is 0. The van der Waals surface area contributed by atoms with Crippen LogP contribution in [0.15, 0.2) is 24.3 Å². The average Bonchev–Trinajstić information content (AvgIpc) is 0.996. The van der Waals surface area contributed by atoms with E-state index in [1.54, 1.807) is 13.8 Å². The van der Waals surface area contributed by atoms with Crippen molar-refractivity contribution in [3.05, 3.63) is 24.3 Å². The fourth-order valence-electron chi connectivity index (χ4n) is 12.3. The maximum Gasteiger partial charge on any atom is 0.326 e. The van der Waals surface area contributed by atoms with Crippen LogP contribution in [0.25, 0.3) is 0 Å². The molecule has 0 aromatic heterocycles. The molecule has 0 radical (unpaired) electrons. The van der Waals surface area contributed by atoms with Gasteiger partial charge in [-0.2, -0.15) is 0 Å². The van der Waals surface area contributed by atoms with Crippen LogP contribution < -0.4 is 49.5 Å². The van der Waals surface area contributed by atoms with Gasteiger partial charge in [0.25, 0.3) is 0 Å². The molecule has 0 aliphatic carbocycles. The van der Waals surface area contributed by atoms with Crippen molar-refractivity contribution in [2.45, 2.75) is 333 Å². The van der Waals surface area contributed by atoms with Gasteiger partial charge < -0.3 is 69.3 Å². The number of nitrogens with two attached hydrogens (primary N) is 4. The summed E-state index contributed by atoms with van der Waals surface area (Å²) in [6, 6.07) is -1.63. The molecule has 1 aliphatic heterocycles. The highest BCUT2D eigenvalue weighted by Crippen LogP contribution is 2.18. The number of carboxylic acid groups (broad SMARTS) is 1. The number of aliphatic hydroxyl groups excluding tert-OH is 4. The molecule has 1 saturated heterocycles. The number of carbonyl (C=O) groups is 3. The number of nitrogens with one attached hydrogen (secondary N) is 5. The quantitative estimate of drug-likeness (QED) is 0.0199. The molecular formula is C74H152N12O8. The fourth-order valence-corrected chi connectivity index (χ4v) is 12.3. The number of hydrogen-bond donors (Lipinski definition) is 14. The molecule has 0 aromatic rings. The lowest BCUT2D eigenvalue weighted by Gasteiger charge is -2.44. The van der Waals surface area contributed by atoms with Crippen molar-refractivity contribution < 1.29 is 39.9 Å². The molecule has 0 spiro atoms. The zero-order valence-electron chi connectivity index (χ0n) is 60.9. The molecule has 1 rings (SSSR count). The number of unbranched alkanes of at least 4 members (excludes halogenated alkanes) is 30. The van der Waals surface area contributed by atoms with E-state index in [4.69, 9.17) is 22.9 Å². The van der Waals surface area contributed by atoms with Gasteiger partial charge in [0.05, 0.1) is 42.8 Å². The predicted molar refractivity (Wildman–Crippen MR) is 393 cm³/mol. The Morgan fingerprint density at radius 1 is 0.447 bits per heavy atom. The number of amides is 2. The number of aliphatic hydroxyl groups is 4. The molecule has 20 nitrogen and oxygen atoms in total. The summed E-state index contributed by atoms with van der Waals surface area (Å²) < 4.78 is 0. The van der Waals surface area contributed by atoms with Gasteiger partial charge in [-0.3, -0.25) is 30.0 Å². The number of rotatable bonds is 67. The lowest BCUT2D eigenvalue weighted by molar-refractivity contribution is -0.142. The van der Waals surface area contributed by atoms with Gasteiger partial charge in [-0.25, -0.2) is 4.79 Å². The van der Waals surface area contributed by atoms with E-state index in [2.05, 4.69) is 50.2 Å². The van der Waals surface area contributed by atoms with E-state index in [9.17, 15) is 39.9 Å². The van der Waals surface area contributed by atoms with Crippen LogP contribution in [0.4, 0.5) is 0 Å². The molecule has 20 heteroatoms. The summed E-state index contributed by atoms with van der Waals surface area (Å²) in [5.41, 5.74) is 22.1. The first-order valence-electron chi connectivity index (χ1n) is 38.7. The third kappa shape index (κ3) is 54.3. The predicted octanol–water partition coefficient (Wildman–Crippen LogP) is 9.44. The van der Waals surface area contributed by atoms with Crippen molar-refractivity contribution in [1.82, 2.24) is 41.3 Å². The van der Waals surface area contributed by atoms with E-state index in [-0.39, 0.29) is 50.1 Å². The monoisotopic (exact) mass is 1340 g/mol. The summed E-state index contributed by atoms with van der Waals surface area (Å²) in [6.07, 6.45) is 51.6. The first-order valence-corrected chi connectivity index (χ1v) is 38.7. The smallest absolute Gasteiger partial charge is 0.326 e. The highest BCUT2D eigenvalue weighted by Gasteiger charge is 2.31. The Bertz CT molecular complexity index is 1650. The van der Waals surface area contributed by atoms with Gasteiger partial charge in [0.1, 0.15) is 6.04 Å². The van der Waals surface area contributed by atoms with Crippen LogP contribution in [0.2, 0.25) is 0 Å². The standard InChI is InChI=1S/C52H106N6O4.C22H46N6O4/c1-3-5-7-9-11-13-15-17-19-21-23-25-27-29-31-33-46-58(47-34-32-30-28-26-24-22-20-18-16-14-12-10-8-6-4-2)50(59)40-39-49(52(61)62)57-51(60)48(56-45-37-42-54)38-35-43-55-44-36-41-53;1-17(29)21(25-9-5-3-7-19(31)15-23)27-11-13-28(14-12-27)22(18(2)30)26-10-6-4-8-20(32)16-24/h48-49,55-56H,3-47,53-54H2,1-2H3,(H,57,60)(H,61,62);3-6,17-22,25-26,29-32H,7-16,23-24H2,1-2H3/b;5-3+,6-4+/t48-,49-;/m0./s1. The van der Waals surface area contributed by atoms with Crippen LogP contribution in [0.3, 0.4) is 0 Å². The fraction of sp³-hybridized carbons (Fsp3) is 0.905. The lowest BCUT2D eigenvalue weighted by Crippen LogP contribution is -2.63. The molecule has 1 fully saturated rings. The molecule has 0 saturated carbocycles.